The van der Waals surface area contributed by atoms with Crippen LogP contribution in [0.25, 0.3) is 5.69 Å². The van der Waals surface area contributed by atoms with Crippen LogP contribution in [0.15, 0.2) is 18.3 Å². The maximum Gasteiger partial charge on any atom is 0.207 e. The predicted octanol–water partition coefficient (Wildman–Crippen LogP) is 3.42. The molecule has 6 heteroatoms. The van der Waals surface area contributed by atoms with E-state index >= 15 is 0 Å². The molecule has 3 nitrogen and oxygen atoms in total. The largest absolute Gasteiger partial charge is 0.355 e. The first-order chi connectivity index (χ1) is 9.04. The minimum atomic E-state index is -1.48. The molecule has 2 aromatic rings. The van der Waals surface area contributed by atoms with Crippen LogP contribution in [0.5, 0.6) is 0 Å². The Kier molecular flexibility index (Phi) is 3.78. The first-order valence-electron chi connectivity index (χ1n) is 5.98. The number of aryl methyl sites for hydroxylation is 1. The lowest BCUT2D eigenvalue weighted by Gasteiger charge is -2.10. The van der Waals surface area contributed by atoms with E-state index in [2.05, 4.69) is 10.3 Å². The van der Waals surface area contributed by atoms with E-state index in [0.29, 0.717) is 18.2 Å². The van der Waals surface area contributed by atoms with Gasteiger partial charge in [0.1, 0.15) is 0 Å². The molecule has 0 aliphatic heterocycles. The first-order valence-corrected chi connectivity index (χ1v) is 5.98. The molecule has 1 heterocycles. The van der Waals surface area contributed by atoms with Gasteiger partial charge in [0.05, 0.1) is 11.4 Å². The molecule has 0 saturated heterocycles. The van der Waals surface area contributed by atoms with Crippen molar-refractivity contribution in [3.63, 3.8) is 0 Å². The van der Waals surface area contributed by atoms with Crippen LogP contribution in [0, 0.1) is 24.4 Å². The van der Waals surface area contributed by atoms with Crippen molar-refractivity contribution in [2.75, 3.05) is 11.9 Å². The molecule has 0 radical (unpaired) electrons. The topological polar surface area (TPSA) is 29.9 Å². The van der Waals surface area contributed by atoms with E-state index < -0.39 is 17.5 Å². The van der Waals surface area contributed by atoms with Gasteiger partial charge in [0.15, 0.2) is 17.5 Å². The molecule has 0 aliphatic rings. The van der Waals surface area contributed by atoms with Gasteiger partial charge >= 0.3 is 0 Å². The Morgan fingerprint density at radius 3 is 2.63 bits per heavy atom. The summed E-state index contributed by atoms with van der Waals surface area (Å²) in [5, 5.41) is 3.01. The van der Waals surface area contributed by atoms with Gasteiger partial charge in [-0.05, 0) is 25.5 Å². The van der Waals surface area contributed by atoms with Gasteiger partial charge in [0.2, 0.25) is 5.95 Å². The van der Waals surface area contributed by atoms with E-state index in [1.54, 1.807) is 13.1 Å². The van der Waals surface area contributed by atoms with Crippen molar-refractivity contribution >= 4 is 5.95 Å². The average Bonchev–Trinajstić information content (AvgIpc) is 2.75. The van der Waals surface area contributed by atoms with Crippen LogP contribution >= 0.6 is 0 Å². The van der Waals surface area contributed by atoms with Gasteiger partial charge in [-0.25, -0.2) is 18.2 Å². The summed E-state index contributed by atoms with van der Waals surface area (Å²) in [5.41, 5.74) is 0.584. The molecule has 19 heavy (non-hydrogen) atoms. The number of anilines is 1. The minimum Gasteiger partial charge on any atom is -0.355 e. The Balaban J connectivity index is 2.49. The van der Waals surface area contributed by atoms with Crippen molar-refractivity contribution in [3.8, 4) is 5.69 Å². The van der Waals surface area contributed by atoms with Crippen molar-refractivity contribution in [2.45, 2.75) is 20.3 Å². The lowest BCUT2D eigenvalue weighted by Crippen LogP contribution is -2.08. The standard InChI is InChI=1S/C13H14F3N3/c1-3-6-17-13-18-8(2)7-19(13)10-5-4-9(14)11(15)12(10)16/h4-5,7H,3,6H2,1-2H3,(H,17,18). The van der Waals surface area contributed by atoms with Crippen molar-refractivity contribution in [1.29, 1.82) is 0 Å². The number of hydrogen-bond acceptors (Lipinski definition) is 2. The third-order valence-corrected chi connectivity index (χ3v) is 2.63. The highest BCUT2D eigenvalue weighted by atomic mass is 19.2. The second kappa shape index (κ2) is 5.34. The Morgan fingerprint density at radius 1 is 1.21 bits per heavy atom. The lowest BCUT2D eigenvalue weighted by atomic mass is 10.2. The van der Waals surface area contributed by atoms with Crippen LogP contribution in [-0.4, -0.2) is 16.1 Å². The van der Waals surface area contributed by atoms with Gasteiger partial charge in [-0.15, -0.1) is 0 Å². The summed E-state index contributed by atoms with van der Waals surface area (Å²) < 4.78 is 41.3. The monoisotopic (exact) mass is 269 g/mol. The van der Waals surface area contributed by atoms with E-state index in [0.717, 1.165) is 12.5 Å². The van der Waals surface area contributed by atoms with Crippen LogP contribution in [0.3, 0.4) is 0 Å². The fourth-order valence-corrected chi connectivity index (χ4v) is 1.74. The van der Waals surface area contributed by atoms with E-state index in [9.17, 15) is 13.2 Å². The third-order valence-electron chi connectivity index (χ3n) is 2.63. The van der Waals surface area contributed by atoms with Gasteiger partial charge in [0.25, 0.3) is 0 Å². The zero-order valence-corrected chi connectivity index (χ0v) is 10.7. The zero-order chi connectivity index (χ0) is 14.0. The molecule has 0 fully saturated rings. The van der Waals surface area contributed by atoms with Crippen LogP contribution in [-0.2, 0) is 0 Å². The van der Waals surface area contributed by atoms with Crippen molar-refractivity contribution < 1.29 is 13.2 Å². The fourth-order valence-electron chi connectivity index (χ4n) is 1.74. The molecule has 0 atom stereocenters. The van der Waals surface area contributed by atoms with Gasteiger partial charge in [-0.3, -0.25) is 4.57 Å². The zero-order valence-electron chi connectivity index (χ0n) is 10.7. The Hall–Kier alpha value is -1.98. The number of nitrogens with zero attached hydrogens (tertiary/aromatic N) is 2. The van der Waals surface area contributed by atoms with Gasteiger partial charge in [-0.1, -0.05) is 6.92 Å². The molecular formula is C13H14F3N3. The second-order valence-corrected chi connectivity index (χ2v) is 4.20. The predicted molar refractivity (Wildman–Crippen MR) is 67.0 cm³/mol. The number of aromatic nitrogens is 2. The molecule has 0 unspecified atom stereocenters. The van der Waals surface area contributed by atoms with Crippen molar-refractivity contribution in [1.82, 2.24) is 9.55 Å². The van der Waals surface area contributed by atoms with E-state index in [-0.39, 0.29) is 5.69 Å². The number of benzene rings is 1. The molecule has 0 spiro atoms. The van der Waals surface area contributed by atoms with E-state index in [1.165, 1.54) is 10.6 Å². The molecule has 1 aromatic carbocycles. The number of imidazole rings is 1. The van der Waals surface area contributed by atoms with Gasteiger partial charge in [0, 0.05) is 12.7 Å². The third kappa shape index (κ3) is 2.57. The first kappa shape index (κ1) is 13.5. The van der Waals surface area contributed by atoms with Crippen LogP contribution in [0.4, 0.5) is 19.1 Å². The lowest BCUT2D eigenvalue weighted by molar-refractivity contribution is 0.445. The summed E-state index contributed by atoms with van der Waals surface area (Å²) in [6, 6.07) is 2.08. The normalized spacial score (nSPS) is 10.8. The average molecular weight is 269 g/mol. The molecular weight excluding hydrogens is 255 g/mol. The van der Waals surface area contributed by atoms with Crippen molar-refractivity contribution in [3.05, 3.63) is 41.5 Å². The Bertz CT molecular complexity index is 593. The molecule has 0 saturated carbocycles. The highest BCUT2D eigenvalue weighted by Gasteiger charge is 2.17. The molecule has 0 bridgehead atoms. The van der Waals surface area contributed by atoms with Crippen molar-refractivity contribution in [2.24, 2.45) is 0 Å². The Labute approximate surface area is 109 Å². The molecule has 2 rings (SSSR count). The SMILES string of the molecule is CCCNc1nc(C)cn1-c1ccc(F)c(F)c1F. The highest BCUT2D eigenvalue weighted by molar-refractivity contribution is 5.44. The maximum absolute atomic E-state index is 13.8. The van der Waals surface area contributed by atoms with E-state index in [1.807, 2.05) is 6.92 Å². The smallest absolute Gasteiger partial charge is 0.207 e. The van der Waals surface area contributed by atoms with Gasteiger partial charge < -0.3 is 5.32 Å². The summed E-state index contributed by atoms with van der Waals surface area (Å²) in [4.78, 5) is 4.19. The summed E-state index contributed by atoms with van der Waals surface area (Å²) in [5.74, 6) is -3.51. The molecule has 102 valence electrons. The highest BCUT2D eigenvalue weighted by Crippen LogP contribution is 2.22. The quantitative estimate of drug-likeness (QED) is 0.862. The summed E-state index contributed by atoms with van der Waals surface area (Å²) in [6.45, 7) is 4.37. The Morgan fingerprint density at radius 2 is 1.95 bits per heavy atom. The van der Waals surface area contributed by atoms with E-state index in [4.69, 9.17) is 0 Å². The summed E-state index contributed by atoms with van der Waals surface area (Å²) in [6.07, 6.45) is 2.43. The van der Waals surface area contributed by atoms with Crippen LogP contribution < -0.4 is 5.32 Å². The summed E-state index contributed by atoms with van der Waals surface area (Å²) >= 11 is 0. The fraction of sp³-hybridized carbons (Fsp3) is 0.308. The van der Waals surface area contributed by atoms with Crippen LogP contribution in [0.2, 0.25) is 0 Å². The molecule has 1 aromatic heterocycles. The minimum absolute atomic E-state index is 0.0712. The summed E-state index contributed by atoms with van der Waals surface area (Å²) in [7, 11) is 0. The molecule has 1 N–H and O–H groups in total. The number of rotatable bonds is 4. The number of nitrogens with one attached hydrogen (secondary N) is 1. The van der Waals surface area contributed by atoms with Crippen LogP contribution in [0.1, 0.15) is 19.0 Å². The van der Waals surface area contributed by atoms with Gasteiger partial charge in [-0.2, -0.15) is 0 Å². The maximum atomic E-state index is 13.8. The molecule has 0 amide bonds. The second-order valence-electron chi connectivity index (χ2n) is 4.20. The number of halogens is 3. The number of hydrogen-bond donors (Lipinski definition) is 1. The molecule has 0 aliphatic carbocycles.